The van der Waals surface area contributed by atoms with Crippen LogP contribution in [-0.4, -0.2) is 43.6 Å². The zero-order valence-corrected chi connectivity index (χ0v) is 9.83. The largest absolute Gasteiger partial charge is 0.369 e. The van der Waals surface area contributed by atoms with E-state index < -0.39 is 18.2 Å². The molecule has 0 aromatic heterocycles. The molecule has 0 bridgehead atoms. The summed E-state index contributed by atoms with van der Waals surface area (Å²) in [7, 11) is 2.87. The van der Waals surface area contributed by atoms with Gasteiger partial charge in [0.15, 0.2) is 18.6 Å². The number of carbonyl (C=O) groups excluding carboxylic acids is 2. The summed E-state index contributed by atoms with van der Waals surface area (Å²) in [6, 6.07) is 0. The summed E-state index contributed by atoms with van der Waals surface area (Å²) in [5.74, 6) is -0.491. The van der Waals surface area contributed by atoms with Crippen LogP contribution in [0, 0.1) is 0 Å². The minimum Gasteiger partial charge on any atom is -0.369 e. The molecule has 0 aromatic carbocycles. The van der Waals surface area contributed by atoms with Crippen molar-refractivity contribution >= 4 is 12.2 Å². The molecule has 6 nitrogen and oxygen atoms in total. The molecule has 0 saturated heterocycles. The molecule has 6 heteroatoms. The second kappa shape index (κ2) is 6.17. The second-order valence-electron chi connectivity index (χ2n) is 3.52. The lowest BCUT2D eigenvalue weighted by Crippen LogP contribution is -2.42. The van der Waals surface area contributed by atoms with Gasteiger partial charge in [-0.25, -0.2) is 0 Å². The molecule has 94 valence electrons. The van der Waals surface area contributed by atoms with Gasteiger partial charge in [-0.05, 0) is 6.42 Å². The molecule has 0 aromatic rings. The summed E-state index contributed by atoms with van der Waals surface area (Å²) in [5.41, 5.74) is 5.66. The van der Waals surface area contributed by atoms with Gasteiger partial charge in [0.2, 0.25) is 5.91 Å². The number of allylic oxidation sites excluding steroid dienone is 1. The highest BCUT2D eigenvalue weighted by Crippen LogP contribution is 2.17. The number of carbonyl (C=O) groups is 2. The van der Waals surface area contributed by atoms with E-state index in [0.717, 1.165) is 0 Å². The molecule has 0 fully saturated rings. The van der Waals surface area contributed by atoms with Gasteiger partial charge in [-0.1, -0.05) is 6.08 Å². The van der Waals surface area contributed by atoms with Crippen molar-refractivity contribution in [2.75, 3.05) is 14.2 Å². The summed E-state index contributed by atoms with van der Waals surface area (Å²) in [6.45, 7) is 0. The topological polar surface area (TPSA) is 81.9 Å². The van der Waals surface area contributed by atoms with Crippen molar-refractivity contribution in [3.05, 3.63) is 24.0 Å². The first-order chi connectivity index (χ1) is 8.13. The number of nitrogens with zero attached hydrogens (tertiary/aromatic N) is 1. The van der Waals surface area contributed by atoms with Crippen LogP contribution in [0.15, 0.2) is 24.0 Å². The first-order valence-corrected chi connectivity index (χ1v) is 5.09. The minimum atomic E-state index is -0.742. The highest BCUT2D eigenvalue weighted by Gasteiger charge is 2.26. The predicted octanol–water partition coefficient (Wildman–Crippen LogP) is -0.239. The molecule has 2 unspecified atom stereocenters. The molecule has 2 atom stereocenters. The van der Waals surface area contributed by atoms with Crippen LogP contribution in [0.4, 0.5) is 0 Å². The average molecular weight is 240 g/mol. The maximum Gasteiger partial charge on any atom is 0.246 e. The average Bonchev–Trinajstić information content (AvgIpc) is 2.35. The van der Waals surface area contributed by atoms with Gasteiger partial charge >= 0.3 is 0 Å². The first kappa shape index (κ1) is 13.4. The lowest BCUT2D eigenvalue weighted by molar-refractivity contribution is -0.133. The molecular weight excluding hydrogens is 224 g/mol. The Morgan fingerprint density at radius 2 is 2.24 bits per heavy atom. The van der Waals surface area contributed by atoms with Crippen molar-refractivity contribution in [2.45, 2.75) is 18.8 Å². The Balaban J connectivity index is 2.88. The van der Waals surface area contributed by atoms with Gasteiger partial charge in [0.25, 0.3) is 0 Å². The van der Waals surface area contributed by atoms with Crippen LogP contribution in [0.3, 0.4) is 0 Å². The fraction of sp³-hybridized carbons (Fsp3) is 0.455. The van der Waals surface area contributed by atoms with Crippen LogP contribution in [-0.2, 0) is 19.1 Å². The van der Waals surface area contributed by atoms with E-state index in [1.54, 1.807) is 23.4 Å². The number of methoxy groups -OCH3 is 2. The zero-order valence-electron chi connectivity index (χ0n) is 9.83. The van der Waals surface area contributed by atoms with Crippen molar-refractivity contribution in [3.63, 3.8) is 0 Å². The Morgan fingerprint density at radius 1 is 1.53 bits per heavy atom. The highest BCUT2D eigenvalue weighted by molar-refractivity contribution is 5.92. The summed E-state index contributed by atoms with van der Waals surface area (Å²) in [5, 5.41) is 0. The standard InChI is InChI=1S/C11H16N2O4/c1-16-9(7-14)11(17-2)13-5-3-4-8(6-13)10(12)15/h3,5-7,9,11H,4H2,1-2H3,(H2,12,15). The minimum absolute atomic E-state index is 0.454. The van der Waals surface area contributed by atoms with Gasteiger partial charge in [0, 0.05) is 32.2 Å². The van der Waals surface area contributed by atoms with Gasteiger partial charge in [0.1, 0.15) is 0 Å². The van der Waals surface area contributed by atoms with E-state index in [2.05, 4.69) is 0 Å². The number of nitrogens with two attached hydrogens (primary N) is 1. The lowest BCUT2D eigenvalue weighted by atomic mass is 10.1. The SMILES string of the molecule is COC(C=O)C(OC)N1C=CCC(C(N)=O)=C1. The van der Waals surface area contributed by atoms with Crippen molar-refractivity contribution in [3.8, 4) is 0 Å². The molecule has 0 spiro atoms. The Kier molecular flexibility index (Phi) is 4.86. The molecule has 1 rings (SSSR count). The Labute approximate surface area is 99.7 Å². The highest BCUT2D eigenvalue weighted by atomic mass is 16.5. The van der Waals surface area contributed by atoms with Crippen LogP contribution in [0.1, 0.15) is 6.42 Å². The van der Waals surface area contributed by atoms with E-state index in [1.807, 2.05) is 0 Å². The molecule has 1 amide bonds. The Morgan fingerprint density at radius 3 is 2.71 bits per heavy atom. The molecule has 17 heavy (non-hydrogen) atoms. The second-order valence-corrected chi connectivity index (χ2v) is 3.52. The third-order valence-electron chi connectivity index (χ3n) is 2.46. The number of hydrogen-bond acceptors (Lipinski definition) is 5. The molecule has 2 N–H and O–H groups in total. The molecule has 0 radical (unpaired) electrons. The van der Waals surface area contributed by atoms with E-state index in [9.17, 15) is 9.59 Å². The monoisotopic (exact) mass is 240 g/mol. The Bertz CT molecular complexity index is 351. The van der Waals surface area contributed by atoms with Crippen LogP contribution in [0.2, 0.25) is 0 Å². The lowest BCUT2D eigenvalue weighted by Gasteiger charge is -2.31. The molecular formula is C11H16N2O4. The van der Waals surface area contributed by atoms with E-state index >= 15 is 0 Å². The molecule has 1 aliphatic heterocycles. The zero-order chi connectivity index (χ0) is 12.8. The number of aldehydes is 1. The number of hydrogen-bond donors (Lipinski definition) is 1. The summed E-state index contributed by atoms with van der Waals surface area (Å²) in [6.07, 6.45) is 4.80. The van der Waals surface area contributed by atoms with Crippen LogP contribution in [0.5, 0.6) is 0 Å². The van der Waals surface area contributed by atoms with E-state index in [4.69, 9.17) is 15.2 Å². The predicted molar refractivity (Wildman–Crippen MR) is 60.5 cm³/mol. The molecule has 0 saturated carbocycles. The van der Waals surface area contributed by atoms with Crippen LogP contribution < -0.4 is 5.73 Å². The van der Waals surface area contributed by atoms with E-state index in [0.29, 0.717) is 18.3 Å². The number of primary amides is 1. The van der Waals surface area contributed by atoms with Crippen molar-refractivity contribution in [1.82, 2.24) is 4.90 Å². The third kappa shape index (κ3) is 3.15. The summed E-state index contributed by atoms with van der Waals surface area (Å²) in [4.78, 5) is 23.5. The van der Waals surface area contributed by atoms with Crippen molar-refractivity contribution in [2.24, 2.45) is 5.73 Å². The Hall–Kier alpha value is -1.66. The molecule has 0 aliphatic carbocycles. The maximum atomic E-state index is 11.1. The molecule has 1 aliphatic rings. The number of amides is 1. The number of rotatable bonds is 6. The number of ether oxygens (including phenoxy) is 2. The first-order valence-electron chi connectivity index (χ1n) is 5.09. The normalized spacial score (nSPS) is 18.5. The van der Waals surface area contributed by atoms with Crippen molar-refractivity contribution in [1.29, 1.82) is 0 Å². The van der Waals surface area contributed by atoms with Crippen LogP contribution in [0.25, 0.3) is 0 Å². The third-order valence-corrected chi connectivity index (χ3v) is 2.46. The quantitative estimate of drug-likeness (QED) is 0.648. The maximum absolute atomic E-state index is 11.1. The fourth-order valence-corrected chi connectivity index (χ4v) is 1.56. The van der Waals surface area contributed by atoms with Gasteiger partial charge in [-0.2, -0.15) is 0 Å². The molecule has 1 heterocycles. The van der Waals surface area contributed by atoms with E-state index in [1.165, 1.54) is 14.2 Å². The van der Waals surface area contributed by atoms with Gasteiger partial charge in [0.05, 0.1) is 0 Å². The summed E-state index contributed by atoms with van der Waals surface area (Å²) >= 11 is 0. The smallest absolute Gasteiger partial charge is 0.246 e. The fourth-order valence-electron chi connectivity index (χ4n) is 1.56. The van der Waals surface area contributed by atoms with Gasteiger partial charge in [-0.3, -0.25) is 4.79 Å². The van der Waals surface area contributed by atoms with E-state index in [-0.39, 0.29) is 0 Å². The van der Waals surface area contributed by atoms with Crippen molar-refractivity contribution < 1.29 is 19.1 Å². The van der Waals surface area contributed by atoms with Gasteiger partial charge < -0.3 is 24.9 Å². The van der Waals surface area contributed by atoms with Crippen LogP contribution >= 0.6 is 0 Å². The van der Waals surface area contributed by atoms with Gasteiger partial charge in [-0.15, -0.1) is 0 Å². The summed E-state index contributed by atoms with van der Waals surface area (Å²) < 4.78 is 10.2.